The number of nitrogens with zero attached hydrogens (tertiary/aromatic N) is 2. The molecule has 1 unspecified atom stereocenters. The van der Waals surface area contributed by atoms with Crippen molar-refractivity contribution in [2.75, 3.05) is 11.9 Å². The van der Waals surface area contributed by atoms with E-state index in [1.807, 2.05) is 25.1 Å². The van der Waals surface area contributed by atoms with Gasteiger partial charge in [0.15, 0.2) is 6.29 Å². The van der Waals surface area contributed by atoms with Gasteiger partial charge in [-0.3, -0.25) is 9.78 Å². The summed E-state index contributed by atoms with van der Waals surface area (Å²) in [6.07, 6.45) is 3.43. The van der Waals surface area contributed by atoms with Crippen LogP contribution in [0.3, 0.4) is 0 Å². The van der Waals surface area contributed by atoms with Crippen LogP contribution in [0.1, 0.15) is 35.6 Å². The monoisotopic (exact) mass is 311 g/mol. The molecule has 2 aromatic heterocycles. The number of aliphatic hydroxyl groups excluding tert-OH is 1. The Morgan fingerprint density at radius 2 is 2.30 bits per heavy atom. The number of amides is 1. The summed E-state index contributed by atoms with van der Waals surface area (Å²) in [6.45, 7) is 2.25. The van der Waals surface area contributed by atoms with Crippen molar-refractivity contribution in [3.05, 3.63) is 53.0 Å². The largest absolute Gasteiger partial charge is 0.364 e. The highest BCUT2D eigenvalue weighted by Crippen LogP contribution is 2.46. The molecule has 0 saturated heterocycles. The predicted molar refractivity (Wildman–Crippen MR) is 82.8 cm³/mol. The summed E-state index contributed by atoms with van der Waals surface area (Å²) in [5.41, 5.74) is 2.79. The lowest BCUT2D eigenvalue weighted by Crippen LogP contribution is -2.35. The van der Waals surface area contributed by atoms with Gasteiger partial charge in [-0.1, -0.05) is 6.07 Å². The van der Waals surface area contributed by atoms with E-state index >= 15 is 0 Å². The topological polar surface area (TPSA) is 84.3 Å². The number of nitrogens with one attached hydrogen (secondary N) is 1. The van der Waals surface area contributed by atoms with E-state index in [4.69, 9.17) is 4.74 Å². The number of aromatic nitrogens is 2. The molecule has 118 valence electrons. The minimum Gasteiger partial charge on any atom is -0.364 e. The number of ether oxygens (including phenoxy) is 1. The van der Waals surface area contributed by atoms with Gasteiger partial charge in [0.1, 0.15) is 5.82 Å². The smallest absolute Gasteiger partial charge is 0.237 e. The minimum atomic E-state index is -0.985. The number of hydrogen-bond acceptors (Lipinski definition) is 5. The van der Waals surface area contributed by atoms with Crippen molar-refractivity contribution in [2.45, 2.75) is 31.5 Å². The third-order valence-corrected chi connectivity index (χ3v) is 4.64. The normalized spacial score (nSPS) is 22.8. The van der Waals surface area contributed by atoms with Gasteiger partial charge in [0.05, 0.1) is 5.41 Å². The Bertz CT molecular complexity index is 792. The number of carbonyl (C=O) groups is 1. The van der Waals surface area contributed by atoms with Crippen LogP contribution in [-0.2, 0) is 27.8 Å². The average molecular weight is 311 g/mol. The Morgan fingerprint density at radius 1 is 1.43 bits per heavy atom. The summed E-state index contributed by atoms with van der Waals surface area (Å²) in [7, 11) is 0. The molecule has 23 heavy (non-hydrogen) atoms. The first kappa shape index (κ1) is 14.3. The lowest BCUT2D eigenvalue weighted by molar-refractivity contribution is -0.120. The van der Waals surface area contributed by atoms with Gasteiger partial charge in [-0.15, -0.1) is 0 Å². The van der Waals surface area contributed by atoms with Gasteiger partial charge in [-0.2, -0.15) is 0 Å². The molecular weight excluding hydrogens is 294 g/mol. The average Bonchev–Trinajstić information content (AvgIpc) is 3.06. The van der Waals surface area contributed by atoms with Crippen LogP contribution in [0, 0.1) is 0 Å². The Hall–Kier alpha value is -2.31. The Kier molecular flexibility index (Phi) is 3.18. The number of carbonyl (C=O) groups excluding carboxylic acids is 1. The van der Waals surface area contributed by atoms with Crippen molar-refractivity contribution < 1.29 is 14.6 Å². The summed E-state index contributed by atoms with van der Waals surface area (Å²) < 4.78 is 5.21. The molecule has 1 amide bonds. The maximum absolute atomic E-state index is 12.6. The first-order valence-electron chi connectivity index (χ1n) is 7.68. The van der Waals surface area contributed by atoms with Crippen molar-refractivity contribution in [3.63, 3.8) is 0 Å². The summed E-state index contributed by atoms with van der Waals surface area (Å²) >= 11 is 0. The Balaban J connectivity index is 1.72. The lowest BCUT2D eigenvalue weighted by Gasteiger charge is -2.19. The van der Waals surface area contributed by atoms with Gasteiger partial charge in [0, 0.05) is 42.2 Å². The highest BCUT2D eigenvalue weighted by Gasteiger charge is 2.51. The van der Waals surface area contributed by atoms with Crippen LogP contribution in [0.4, 0.5) is 5.82 Å². The molecular formula is C17H17N3O3. The second-order valence-electron chi connectivity index (χ2n) is 5.97. The third-order valence-electron chi connectivity index (χ3n) is 4.64. The molecule has 0 radical (unpaired) electrons. The van der Waals surface area contributed by atoms with Crippen LogP contribution in [0.2, 0.25) is 0 Å². The maximum atomic E-state index is 12.6. The molecule has 0 saturated carbocycles. The SMILES string of the molecule is CCOC(O)c1cnc2c(c1)C[C@@]1(C2)C(=O)Nc2ncccc21. The number of aliphatic hydroxyl groups is 1. The standard InChI is InChI=1S/C17H17N3O3/c1-2-23-15(21)11-6-10-7-17(8-13(10)19-9-11)12-4-3-5-18-14(12)20-16(17)22/h3-6,9,15,21H,2,7-8H2,1H3,(H,18,20,22)/t15?,17-/m0/s1. The summed E-state index contributed by atoms with van der Waals surface area (Å²) in [6, 6.07) is 5.68. The van der Waals surface area contributed by atoms with E-state index in [9.17, 15) is 9.90 Å². The van der Waals surface area contributed by atoms with E-state index in [1.54, 1.807) is 12.4 Å². The van der Waals surface area contributed by atoms with Crippen LogP contribution in [-0.4, -0.2) is 27.6 Å². The van der Waals surface area contributed by atoms with Gasteiger partial charge in [-0.05, 0) is 31.0 Å². The van der Waals surface area contributed by atoms with Crippen LogP contribution in [0.5, 0.6) is 0 Å². The zero-order chi connectivity index (χ0) is 16.0. The van der Waals surface area contributed by atoms with Gasteiger partial charge in [-0.25, -0.2) is 4.98 Å². The molecule has 2 aliphatic rings. The van der Waals surface area contributed by atoms with Crippen LogP contribution < -0.4 is 5.32 Å². The van der Waals surface area contributed by atoms with Crippen LogP contribution in [0.25, 0.3) is 0 Å². The molecule has 4 rings (SSSR count). The first-order valence-corrected chi connectivity index (χ1v) is 7.68. The van der Waals surface area contributed by atoms with Gasteiger partial charge in [0.2, 0.25) is 5.91 Å². The predicted octanol–water partition coefficient (Wildman–Crippen LogP) is 1.49. The van der Waals surface area contributed by atoms with Crippen molar-refractivity contribution in [1.29, 1.82) is 0 Å². The Labute approximate surface area is 133 Å². The fourth-order valence-electron chi connectivity index (χ4n) is 3.52. The number of fused-ring (bicyclic) bond motifs is 3. The number of rotatable bonds is 3. The zero-order valence-corrected chi connectivity index (χ0v) is 12.7. The van der Waals surface area contributed by atoms with E-state index in [-0.39, 0.29) is 5.91 Å². The molecule has 1 aliphatic heterocycles. The van der Waals surface area contributed by atoms with Crippen LogP contribution in [0.15, 0.2) is 30.6 Å². The number of pyridine rings is 2. The third kappa shape index (κ3) is 2.06. The molecule has 0 bridgehead atoms. The number of anilines is 1. The number of hydrogen-bond donors (Lipinski definition) is 2. The van der Waals surface area contributed by atoms with Gasteiger partial charge >= 0.3 is 0 Å². The highest BCUT2D eigenvalue weighted by atomic mass is 16.6. The van der Waals surface area contributed by atoms with Crippen LogP contribution >= 0.6 is 0 Å². The second kappa shape index (κ2) is 5.11. The molecule has 0 fully saturated rings. The summed E-state index contributed by atoms with van der Waals surface area (Å²) in [4.78, 5) is 21.3. The molecule has 2 N–H and O–H groups in total. The molecule has 3 heterocycles. The van der Waals surface area contributed by atoms with Crippen molar-refractivity contribution >= 4 is 11.7 Å². The second-order valence-corrected chi connectivity index (χ2v) is 5.97. The summed E-state index contributed by atoms with van der Waals surface area (Å²) in [5, 5.41) is 12.8. The fourth-order valence-corrected chi connectivity index (χ4v) is 3.52. The molecule has 1 aliphatic carbocycles. The molecule has 2 aromatic rings. The van der Waals surface area contributed by atoms with Crippen molar-refractivity contribution in [1.82, 2.24) is 9.97 Å². The zero-order valence-electron chi connectivity index (χ0n) is 12.7. The molecule has 6 nitrogen and oxygen atoms in total. The summed E-state index contributed by atoms with van der Waals surface area (Å²) in [5.74, 6) is 0.607. The highest BCUT2D eigenvalue weighted by molar-refractivity contribution is 6.06. The van der Waals surface area contributed by atoms with Crippen molar-refractivity contribution in [3.8, 4) is 0 Å². The quantitative estimate of drug-likeness (QED) is 0.839. The maximum Gasteiger partial charge on any atom is 0.237 e. The van der Waals surface area contributed by atoms with E-state index in [2.05, 4.69) is 15.3 Å². The van der Waals surface area contributed by atoms with E-state index < -0.39 is 11.7 Å². The van der Waals surface area contributed by atoms with E-state index in [1.165, 1.54) is 0 Å². The Morgan fingerprint density at radius 3 is 3.13 bits per heavy atom. The lowest BCUT2D eigenvalue weighted by atomic mass is 9.80. The van der Waals surface area contributed by atoms with E-state index in [0.717, 1.165) is 16.8 Å². The molecule has 1 spiro atoms. The first-order chi connectivity index (χ1) is 11.1. The van der Waals surface area contributed by atoms with Gasteiger partial charge < -0.3 is 15.2 Å². The molecule has 6 heteroatoms. The fraction of sp³-hybridized carbons (Fsp3) is 0.353. The molecule has 2 atom stereocenters. The van der Waals surface area contributed by atoms with E-state index in [0.29, 0.717) is 30.8 Å². The minimum absolute atomic E-state index is 0.0314. The van der Waals surface area contributed by atoms with Gasteiger partial charge in [0.25, 0.3) is 0 Å². The molecule has 0 aromatic carbocycles. The van der Waals surface area contributed by atoms with Crippen molar-refractivity contribution in [2.24, 2.45) is 0 Å².